The summed E-state index contributed by atoms with van der Waals surface area (Å²) in [6.45, 7) is 0.0671. The van der Waals surface area contributed by atoms with Crippen molar-refractivity contribution in [2.75, 3.05) is 6.61 Å². The minimum Gasteiger partial charge on any atom is -0.481 e. The van der Waals surface area contributed by atoms with Crippen LogP contribution in [0.5, 0.6) is 0 Å². The van der Waals surface area contributed by atoms with Crippen molar-refractivity contribution in [3.05, 3.63) is 94.3 Å². The first-order chi connectivity index (χ1) is 14.9. The standard InChI is InChI=1S/C24H19ClFNO4/c25-14-9-10-21(26)19(11-14)22(12-23(28)29)27-24(30)31-13-20-17-7-3-1-5-15(17)16-6-2-4-8-18(16)20/h1-11,20,22H,12-13H2,(H,27,30)(H,28,29)/t22-/m0/s1. The van der Waals surface area contributed by atoms with Gasteiger partial charge in [-0.15, -0.1) is 0 Å². The molecule has 1 aliphatic rings. The van der Waals surface area contributed by atoms with Gasteiger partial charge in [-0.1, -0.05) is 60.1 Å². The average molecular weight is 440 g/mol. The summed E-state index contributed by atoms with van der Waals surface area (Å²) in [5.74, 6) is -1.99. The van der Waals surface area contributed by atoms with Crippen LogP contribution < -0.4 is 5.32 Å². The van der Waals surface area contributed by atoms with Gasteiger partial charge < -0.3 is 15.2 Å². The molecule has 0 saturated heterocycles. The van der Waals surface area contributed by atoms with Gasteiger partial charge in [0.05, 0.1) is 12.5 Å². The number of alkyl carbamates (subject to hydrolysis) is 1. The number of fused-ring (bicyclic) bond motifs is 3. The second kappa shape index (κ2) is 8.78. The SMILES string of the molecule is O=C(O)C[C@H](NC(=O)OCC1c2ccccc2-c2ccccc21)c1cc(Cl)ccc1F. The van der Waals surface area contributed by atoms with Crippen LogP contribution in [0.25, 0.3) is 11.1 Å². The number of ether oxygens (including phenoxy) is 1. The molecule has 1 amide bonds. The summed E-state index contributed by atoms with van der Waals surface area (Å²) in [5, 5.41) is 11.9. The second-order valence-corrected chi connectivity index (χ2v) is 7.72. The zero-order chi connectivity index (χ0) is 22.0. The van der Waals surface area contributed by atoms with E-state index in [1.54, 1.807) is 0 Å². The van der Waals surface area contributed by atoms with Crippen molar-refractivity contribution >= 4 is 23.7 Å². The van der Waals surface area contributed by atoms with Crippen LogP contribution in [0.2, 0.25) is 5.02 Å². The fourth-order valence-electron chi connectivity index (χ4n) is 3.98. The van der Waals surface area contributed by atoms with E-state index in [4.69, 9.17) is 16.3 Å². The zero-order valence-corrected chi connectivity index (χ0v) is 17.1. The number of hydrogen-bond donors (Lipinski definition) is 2. The lowest BCUT2D eigenvalue weighted by molar-refractivity contribution is -0.137. The van der Waals surface area contributed by atoms with Gasteiger partial charge in [-0.3, -0.25) is 4.79 Å². The normalized spacial score (nSPS) is 13.2. The number of nitrogens with one attached hydrogen (secondary N) is 1. The summed E-state index contributed by atoms with van der Waals surface area (Å²) in [4.78, 5) is 23.8. The van der Waals surface area contributed by atoms with E-state index in [0.717, 1.165) is 28.3 Å². The molecule has 0 heterocycles. The molecule has 31 heavy (non-hydrogen) atoms. The molecule has 3 aromatic rings. The summed E-state index contributed by atoms with van der Waals surface area (Å²) in [5.41, 5.74) is 4.29. The number of aliphatic carboxylic acids is 1. The van der Waals surface area contributed by atoms with Gasteiger partial charge in [0.15, 0.2) is 0 Å². The molecule has 3 aromatic carbocycles. The number of amides is 1. The molecule has 0 aromatic heterocycles. The maximum absolute atomic E-state index is 14.2. The quantitative estimate of drug-likeness (QED) is 0.529. The van der Waals surface area contributed by atoms with E-state index in [-0.39, 0.29) is 23.1 Å². The first-order valence-electron chi connectivity index (χ1n) is 9.72. The summed E-state index contributed by atoms with van der Waals surface area (Å²) in [6.07, 6.45) is -1.34. The summed E-state index contributed by atoms with van der Waals surface area (Å²) in [7, 11) is 0. The molecule has 0 unspecified atom stereocenters. The van der Waals surface area contributed by atoms with Crippen molar-refractivity contribution in [3.63, 3.8) is 0 Å². The third-order valence-corrected chi connectivity index (χ3v) is 5.58. The van der Waals surface area contributed by atoms with Crippen LogP contribution in [0.1, 0.15) is 35.1 Å². The van der Waals surface area contributed by atoms with Gasteiger partial charge in [-0.2, -0.15) is 0 Å². The lowest BCUT2D eigenvalue weighted by Crippen LogP contribution is -2.32. The molecule has 0 saturated carbocycles. The van der Waals surface area contributed by atoms with Gasteiger partial charge >= 0.3 is 12.1 Å². The van der Waals surface area contributed by atoms with Gasteiger partial charge in [0.25, 0.3) is 0 Å². The lowest BCUT2D eigenvalue weighted by Gasteiger charge is -2.20. The number of carbonyl (C=O) groups excluding carboxylic acids is 1. The Hall–Kier alpha value is -3.38. The molecule has 4 rings (SSSR count). The number of halogens is 2. The first kappa shape index (κ1) is 20.9. The van der Waals surface area contributed by atoms with Crippen LogP contribution >= 0.6 is 11.6 Å². The smallest absolute Gasteiger partial charge is 0.407 e. The minimum absolute atomic E-state index is 0.0107. The predicted octanol–water partition coefficient (Wildman–Crippen LogP) is 5.53. The van der Waals surface area contributed by atoms with E-state index in [2.05, 4.69) is 5.32 Å². The number of hydrogen-bond acceptors (Lipinski definition) is 3. The molecule has 2 N–H and O–H groups in total. The number of carboxylic acids is 1. The lowest BCUT2D eigenvalue weighted by atomic mass is 9.98. The Morgan fingerprint density at radius 2 is 1.65 bits per heavy atom. The Morgan fingerprint density at radius 3 is 2.26 bits per heavy atom. The van der Waals surface area contributed by atoms with Gasteiger partial charge in [0.1, 0.15) is 12.4 Å². The van der Waals surface area contributed by atoms with E-state index in [1.165, 1.54) is 12.1 Å². The van der Waals surface area contributed by atoms with Crippen molar-refractivity contribution in [3.8, 4) is 11.1 Å². The Bertz CT molecular complexity index is 1100. The molecular weight excluding hydrogens is 421 g/mol. The molecular formula is C24H19ClFNO4. The highest BCUT2D eigenvalue weighted by Gasteiger charge is 2.29. The summed E-state index contributed by atoms with van der Waals surface area (Å²) in [6, 6.07) is 18.5. The van der Waals surface area contributed by atoms with Crippen LogP contribution in [-0.4, -0.2) is 23.8 Å². The highest BCUT2D eigenvalue weighted by Crippen LogP contribution is 2.44. The summed E-state index contributed by atoms with van der Waals surface area (Å²) >= 11 is 5.92. The van der Waals surface area contributed by atoms with Crippen LogP contribution in [0.3, 0.4) is 0 Å². The number of carbonyl (C=O) groups is 2. The van der Waals surface area contributed by atoms with Crippen molar-refractivity contribution < 1.29 is 23.8 Å². The van der Waals surface area contributed by atoms with Gasteiger partial charge in [-0.05, 0) is 40.5 Å². The topological polar surface area (TPSA) is 75.6 Å². The van der Waals surface area contributed by atoms with Gasteiger partial charge in [0.2, 0.25) is 0 Å². The zero-order valence-electron chi connectivity index (χ0n) is 16.3. The molecule has 7 heteroatoms. The van der Waals surface area contributed by atoms with Crippen molar-refractivity contribution in [1.82, 2.24) is 5.32 Å². The van der Waals surface area contributed by atoms with E-state index >= 15 is 0 Å². The molecule has 1 atom stereocenters. The van der Waals surface area contributed by atoms with Crippen molar-refractivity contribution in [2.24, 2.45) is 0 Å². The van der Waals surface area contributed by atoms with Crippen LogP contribution in [0.4, 0.5) is 9.18 Å². The third-order valence-electron chi connectivity index (χ3n) is 5.35. The van der Waals surface area contributed by atoms with Gasteiger partial charge in [0, 0.05) is 16.5 Å². The van der Waals surface area contributed by atoms with Gasteiger partial charge in [-0.25, -0.2) is 9.18 Å². The van der Waals surface area contributed by atoms with Crippen LogP contribution in [0, 0.1) is 5.82 Å². The highest BCUT2D eigenvalue weighted by atomic mass is 35.5. The third kappa shape index (κ3) is 4.39. The first-order valence-corrected chi connectivity index (χ1v) is 10.1. The minimum atomic E-state index is -1.19. The molecule has 0 aliphatic heterocycles. The van der Waals surface area contributed by atoms with E-state index in [9.17, 15) is 19.1 Å². The van der Waals surface area contributed by atoms with Crippen LogP contribution in [-0.2, 0) is 9.53 Å². The molecule has 0 radical (unpaired) electrons. The maximum Gasteiger partial charge on any atom is 0.407 e. The molecule has 0 bridgehead atoms. The Kier molecular flexibility index (Phi) is 5.91. The van der Waals surface area contributed by atoms with Crippen LogP contribution in [0.15, 0.2) is 66.7 Å². The molecule has 0 spiro atoms. The maximum atomic E-state index is 14.2. The van der Waals surface area contributed by atoms with Crippen molar-refractivity contribution in [1.29, 1.82) is 0 Å². The number of benzene rings is 3. The number of carboxylic acid groups (broad SMARTS) is 1. The summed E-state index contributed by atoms with van der Waals surface area (Å²) < 4.78 is 19.7. The number of rotatable bonds is 6. The van der Waals surface area contributed by atoms with E-state index in [1.807, 2.05) is 48.5 Å². The Labute approximate surface area is 183 Å². The van der Waals surface area contributed by atoms with E-state index < -0.39 is 30.3 Å². The van der Waals surface area contributed by atoms with E-state index in [0.29, 0.717) is 0 Å². The largest absolute Gasteiger partial charge is 0.481 e. The molecule has 1 aliphatic carbocycles. The van der Waals surface area contributed by atoms with Crippen molar-refractivity contribution in [2.45, 2.75) is 18.4 Å². The second-order valence-electron chi connectivity index (χ2n) is 7.29. The average Bonchev–Trinajstić information content (AvgIpc) is 3.07. The fraction of sp³-hybridized carbons (Fsp3) is 0.167. The highest BCUT2D eigenvalue weighted by molar-refractivity contribution is 6.30. The molecule has 5 nitrogen and oxygen atoms in total. The fourth-order valence-corrected chi connectivity index (χ4v) is 4.16. The monoisotopic (exact) mass is 439 g/mol. The Morgan fingerprint density at radius 1 is 1.03 bits per heavy atom. The Balaban J connectivity index is 1.50. The predicted molar refractivity (Wildman–Crippen MR) is 115 cm³/mol. The molecule has 158 valence electrons. The molecule has 0 fully saturated rings.